The number of likely N-dealkylation sites (N-methyl/N-ethyl adjacent to an activating group) is 1. The third kappa shape index (κ3) is 10.3. The van der Waals surface area contributed by atoms with Crippen molar-refractivity contribution in [1.82, 2.24) is 39.4 Å². The van der Waals surface area contributed by atoms with E-state index in [-0.39, 0.29) is 54.2 Å². The van der Waals surface area contributed by atoms with Gasteiger partial charge in [-0.15, -0.1) is 12.4 Å². The molecule has 3 aliphatic heterocycles. The van der Waals surface area contributed by atoms with Gasteiger partial charge in [0.2, 0.25) is 23.5 Å². The van der Waals surface area contributed by atoms with Crippen LogP contribution in [0.15, 0.2) is 67.3 Å². The van der Waals surface area contributed by atoms with Crippen molar-refractivity contribution in [3.8, 4) is 11.1 Å². The molecular weight excluding hydrogens is 896 g/mol. The number of pyridine rings is 3. The lowest BCUT2D eigenvalue weighted by Crippen LogP contribution is -2.49. The molecule has 0 spiro atoms. The van der Waals surface area contributed by atoms with E-state index in [1.165, 1.54) is 13.2 Å². The van der Waals surface area contributed by atoms with Gasteiger partial charge in [0.1, 0.15) is 23.3 Å². The normalized spacial score (nSPS) is 17.7. The van der Waals surface area contributed by atoms with E-state index in [1.54, 1.807) is 31.6 Å². The Morgan fingerprint density at radius 2 is 1.64 bits per heavy atom. The average molecular weight is 948 g/mol. The lowest BCUT2D eigenvalue weighted by molar-refractivity contribution is -0.134. The largest absolute Gasteiger partial charge is 0.372 e. The molecule has 0 bridgehead atoms. The third-order valence-corrected chi connectivity index (χ3v) is 14.3. The maximum atomic E-state index is 15.6. The quantitative estimate of drug-likeness (QED) is 0.0850. The first-order valence-electron chi connectivity index (χ1n) is 21.7. The molecule has 3 aliphatic rings. The van der Waals surface area contributed by atoms with E-state index in [4.69, 9.17) is 4.98 Å². The summed E-state index contributed by atoms with van der Waals surface area (Å²) in [4.78, 5) is 73.6. The highest BCUT2D eigenvalue weighted by Gasteiger charge is 2.31. The van der Waals surface area contributed by atoms with Crippen molar-refractivity contribution in [2.45, 2.75) is 63.5 Å². The highest BCUT2D eigenvalue weighted by atomic mass is 35.5. The summed E-state index contributed by atoms with van der Waals surface area (Å²) in [5.74, 6) is -2.89. The van der Waals surface area contributed by atoms with Crippen molar-refractivity contribution < 1.29 is 36.4 Å². The van der Waals surface area contributed by atoms with Gasteiger partial charge in [-0.25, -0.2) is 18.7 Å². The Morgan fingerprint density at radius 3 is 2.30 bits per heavy atom. The maximum absolute atomic E-state index is 15.6. The second-order valence-electron chi connectivity index (χ2n) is 16.8. The van der Waals surface area contributed by atoms with Gasteiger partial charge in [-0.1, -0.05) is 6.92 Å². The lowest BCUT2D eigenvalue weighted by Gasteiger charge is -2.38. The molecule has 4 N–H and O–H groups in total. The number of fused-ring (bicyclic) bond motifs is 1. The Balaban J connectivity index is 0.00000648. The number of H-pyrrole nitrogens is 1. The predicted molar refractivity (Wildman–Crippen MR) is 248 cm³/mol. The Morgan fingerprint density at radius 1 is 0.894 bits per heavy atom. The van der Waals surface area contributed by atoms with Crippen LogP contribution in [0.3, 0.4) is 0 Å². The van der Waals surface area contributed by atoms with E-state index in [2.05, 4.69) is 40.1 Å². The SMILES string of the molecule is CCN(C)S(=O)(=O)Nc1ccc(F)c(C(=O)c2c[nH]c3ncc(-c4ccc(N5CCC(N(C)C(=O)CN6CCC(c7ccc(NC8CCC(=O)NC8=O)cn7)CC6)CC5)nc4)cc23)c1F.Cl. The van der Waals surface area contributed by atoms with Crippen molar-refractivity contribution in [3.05, 3.63) is 95.7 Å². The van der Waals surface area contributed by atoms with E-state index in [0.29, 0.717) is 54.6 Å². The van der Waals surface area contributed by atoms with Gasteiger partial charge in [0.25, 0.3) is 0 Å². The van der Waals surface area contributed by atoms with Crippen LogP contribution in [0.4, 0.5) is 26.0 Å². The van der Waals surface area contributed by atoms with Crippen LogP contribution in [0.2, 0.25) is 0 Å². The van der Waals surface area contributed by atoms with Crippen molar-refractivity contribution in [1.29, 1.82) is 0 Å². The van der Waals surface area contributed by atoms with Crippen LogP contribution in [0.25, 0.3) is 22.2 Å². The molecule has 1 aromatic carbocycles. The first kappa shape index (κ1) is 47.9. The van der Waals surface area contributed by atoms with E-state index < -0.39 is 44.9 Å². The fourth-order valence-electron chi connectivity index (χ4n) is 8.59. The fourth-order valence-corrected chi connectivity index (χ4v) is 9.53. The van der Waals surface area contributed by atoms with Gasteiger partial charge >= 0.3 is 10.2 Å². The summed E-state index contributed by atoms with van der Waals surface area (Å²) in [6.45, 7) is 5.05. The minimum absolute atomic E-state index is 0. The molecule has 17 nitrogen and oxygen atoms in total. The van der Waals surface area contributed by atoms with E-state index >= 15 is 8.78 Å². The molecule has 3 saturated heterocycles. The van der Waals surface area contributed by atoms with E-state index in [9.17, 15) is 27.6 Å². The molecule has 5 aromatic rings. The van der Waals surface area contributed by atoms with Crippen molar-refractivity contribution >= 4 is 74.3 Å². The molecule has 8 rings (SSSR count). The molecule has 4 aromatic heterocycles. The predicted octanol–water partition coefficient (Wildman–Crippen LogP) is 5.08. The zero-order valence-corrected chi connectivity index (χ0v) is 38.4. The minimum atomic E-state index is -4.15. The van der Waals surface area contributed by atoms with Gasteiger partial charge in [-0.3, -0.25) is 39.1 Å². The number of imide groups is 1. The number of halogens is 3. The average Bonchev–Trinajstić information content (AvgIpc) is 3.74. The number of nitrogens with one attached hydrogen (secondary N) is 4. The number of nitrogens with zero attached hydrogens (tertiary/aromatic N) is 7. The zero-order valence-electron chi connectivity index (χ0n) is 36.7. The molecule has 350 valence electrons. The standard InChI is InChI=1S/C45H51F2N11O6S.ClH/c1-4-55(2)65(63,64)54-36-9-7-34(46)41(42(36)47)43(61)33-25-51-44-32(33)21-29(23-50-44)28-5-11-38(49-22-28)58-19-15-31(16-20-58)56(3)40(60)26-57-17-13-27(14-18-57)35-8-6-30(24-48-35)52-37-10-12-39(59)53-45(37)62;/h5-9,11,21-25,27,31,37,52,54H,4,10,12-20,26H2,1-3H3,(H,50,51)(H,53,59,62);1H. The number of anilines is 3. The number of hydrogen-bond acceptors (Lipinski definition) is 12. The summed E-state index contributed by atoms with van der Waals surface area (Å²) in [5, 5.41) is 5.84. The minimum Gasteiger partial charge on any atom is -0.372 e. The van der Waals surface area contributed by atoms with Gasteiger partial charge in [-0.05, 0) is 87.7 Å². The number of aromatic nitrogens is 4. The van der Waals surface area contributed by atoms with E-state index in [1.807, 2.05) is 36.2 Å². The number of piperidine rings is 3. The van der Waals surface area contributed by atoms with Crippen LogP contribution in [-0.2, 0) is 24.6 Å². The second-order valence-corrected chi connectivity index (χ2v) is 18.5. The van der Waals surface area contributed by atoms with Crippen molar-refractivity contribution in [2.24, 2.45) is 0 Å². The Labute approximate surface area is 387 Å². The molecule has 1 unspecified atom stereocenters. The number of hydrogen-bond donors (Lipinski definition) is 4. The number of likely N-dealkylation sites (tertiary alicyclic amines) is 1. The van der Waals surface area contributed by atoms with Crippen molar-refractivity contribution in [3.63, 3.8) is 0 Å². The summed E-state index contributed by atoms with van der Waals surface area (Å²) >= 11 is 0. The van der Waals surface area contributed by atoms with Crippen LogP contribution in [0.1, 0.15) is 73.0 Å². The van der Waals surface area contributed by atoms with Gasteiger partial charge in [-0.2, -0.15) is 12.7 Å². The van der Waals surface area contributed by atoms with Crippen LogP contribution in [-0.4, -0.2) is 131 Å². The summed E-state index contributed by atoms with van der Waals surface area (Å²) in [7, 11) is -0.967. The Bertz CT molecular complexity index is 2710. The Kier molecular flexibility index (Phi) is 14.6. The van der Waals surface area contributed by atoms with Crippen LogP contribution >= 0.6 is 12.4 Å². The number of carbonyl (C=O) groups excluding carboxylic acids is 4. The summed E-state index contributed by atoms with van der Waals surface area (Å²) in [6.07, 6.45) is 10.4. The molecule has 3 amide bonds. The van der Waals surface area contributed by atoms with Crippen LogP contribution in [0, 0.1) is 11.6 Å². The number of aromatic amines is 1. The Hall–Kier alpha value is -6.09. The van der Waals surface area contributed by atoms with Crippen LogP contribution in [0.5, 0.6) is 0 Å². The number of carbonyl (C=O) groups is 4. The summed E-state index contributed by atoms with van der Waals surface area (Å²) in [6, 6.07) is 10.8. The van der Waals surface area contributed by atoms with Gasteiger partial charge in [0.05, 0.1) is 29.7 Å². The second kappa shape index (κ2) is 20.2. The van der Waals surface area contributed by atoms with Gasteiger partial charge < -0.3 is 20.1 Å². The number of amides is 3. The molecule has 3 fully saturated rings. The molecule has 21 heteroatoms. The van der Waals surface area contributed by atoms with E-state index in [0.717, 1.165) is 72.4 Å². The molecule has 0 radical (unpaired) electrons. The number of ketones is 1. The van der Waals surface area contributed by atoms with Gasteiger partial charge in [0.15, 0.2) is 5.82 Å². The summed E-state index contributed by atoms with van der Waals surface area (Å²) in [5.41, 5.74) is 1.85. The molecule has 66 heavy (non-hydrogen) atoms. The first-order valence-corrected chi connectivity index (χ1v) is 23.1. The molecule has 0 saturated carbocycles. The highest BCUT2D eigenvalue weighted by molar-refractivity contribution is 7.90. The summed E-state index contributed by atoms with van der Waals surface area (Å²) < 4.78 is 58.8. The number of rotatable bonds is 14. The maximum Gasteiger partial charge on any atom is 0.301 e. The third-order valence-electron chi connectivity index (χ3n) is 12.7. The van der Waals surface area contributed by atoms with Gasteiger partial charge in [0, 0.05) is 98.5 Å². The first-order chi connectivity index (χ1) is 31.2. The zero-order chi connectivity index (χ0) is 46.0. The van der Waals surface area contributed by atoms with Crippen LogP contribution < -0.4 is 20.3 Å². The lowest BCUT2D eigenvalue weighted by atomic mass is 9.93. The number of benzene rings is 1. The fraction of sp³-hybridized carbons (Fsp3) is 0.400. The molecule has 0 aliphatic carbocycles. The molecule has 7 heterocycles. The highest BCUT2D eigenvalue weighted by Crippen LogP contribution is 2.32. The monoisotopic (exact) mass is 947 g/mol. The van der Waals surface area contributed by atoms with Crippen molar-refractivity contribution in [2.75, 3.05) is 68.3 Å². The molecular formula is C45H52ClF2N11O6S. The molecule has 1 atom stereocenters. The topological polar surface area (TPSA) is 206 Å². The smallest absolute Gasteiger partial charge is 0.301 e.